The third-order valence-electron chi connectivity index (χ3n) is 3.02. The number of hydrogen-bond acceptors (Lipinski definition) is 6. The van der Waals surface area contributed by atoms with Crippen LogP contribution in [0.3, 0.4) is 0 Å². The van der Waals surface area contributed by atoms with Crippen LogP contribution in [-0.2, 0) is 20.2 Å². The van der Waals surface area contributed by atoms with Crippen LogP contribution in [0.1, 0.15) is 5.56 Å². The summed E-state index contributed by atoms with van der Waals surface area (Å²) in [6.07, 6.45) is 0. The SMILES string of the molecule is Cc1c(S(=O)(=O)O)cc2c(S(=O)(=O)O)c(N)ccc2c1O. The zero-order chi connectivity index (χ0) is 16.2. The van der Waals surface area contributed by atoms with Crippen molar-refractivity contribution >= 4 is 36.7 Å². The van der Waals surface area contributed by atoms with Gasteiger partial charge in [-0.1, -0.05) is 0 Å². The maximum Gasteiger partial charge on any atom is 0.297 e. The highest BCUT2D eigenvalue weighted by molar-refractivity contribution is 7.86. The first-order chi connectivity index (χ1) is 9.44. The molecule has 0 radical (unpaired) electrons. The van der Waals surface area contributed by atoms with E-state index in [1.54, 1.807) is 0 Å². The number of fused-ring (bicyclic) bond motifs is 1. The van der Waals surface area contributed by atoms with Gasteiger partial charge in [-0.05, 0) is 25.1 Å². The van der Waals surface area contributed by atoms with Crippen molar-refractivity contribution < 1.29 is 31.0 Å². The number of rotatable bonds is 2. The number of nitrogen functional groups attached to an aromatic ring is 1. The van der Waals surface area contributed by atoms with Crippen molar-refractivity contribution in [3.8, 4) is 5.75 Å². The lowest BCUT2D eigenvalue weighted by atomic mass is 10.1. The quantitative estimate of drug-likeness (QED) is 0.467. The Morgan fingerprint density at radius 1 is 1.00 bits per heavy atom. The van der Waals surface area contributed by atoms with Crippen molar-refractivity contribution in [2.75, 3.05) is 5.73 Å². The minimum absolute atomic E-state index is 0.0262. The molecule has 0 spiro atoms. The van der Waals surface area contributed by atoms with Crippen LogP contribution in [0.4, 0.5) is 5.69 Å². The van der Waals surface area contributed by atoms with Gasteiger partial charge in [0.2, 0.25) is 0 Å². The molecular weight excluding hydrogens is 322 g/mol. The number of anilines is 1. The Morgan fingerprint density at radius 2 is 1.57 bits per heavy atom. The largest absolute Gasteiger partial charge is 0.507 e. The number of hydrogen-bond donors (Lipinski definition) is 4. The van der Waals surface area contributed by atoms with E-state index in [1.165, 1.54) is 13.0 Å². The fourth-order valence-corrected chi connectivity index (χ4v) is 3.64. The van der Waals surface area contributed by atoms with E-state index in [-0.39, 0.29) is 22.0 Å². The van der Waals surface area contributed by atoms with Crippen LogP contribution in [0.15, 0.2) is 28.0 Å². The predicted octanol–water partition coefficient (Wildman–Crippen LogP) is 0.929. The van der Waals surface area contributed by atoms with E-state index < -0.39 is 35.8 Å². The van der Waals surface area contributed by atoms with Gasteiger partial charge in [-0.3, -0.25) is 9.11 Å². The fourth-order valence-electron chi connectivity index (χ4n) is 2.08. The summed E-state index contributed by atoms with van der Waals surface area (Å²) in [5.74, 6) is -0.537. The first-order valence-electron chi connectivity index (χ1n) is 5.44. The molecule has 0 aliphatic heterocycles. The van der Waals surface area contributed by atoms with E-state index in [2.05, 4.69) is 0 Å². The van der Waals surface area contributed by atoms with Gasteiger partial charge in [0, 0.05) is 16.3 Å². The Morgan fingerprint density at radius 3 is 2.05 bits per heavy atom. The summed E-state index contributed by atoms with van der Waals surface area (Å²) in [7, 11) is -9.46. The second-order valence-electron chi connectivity index (χ2n) is 4.38. The van der Waals surface area contributed by atoms with E-state index in [1.807, 2.05) is 0 Å². The molecule has 10 heteroatoms. The highest BCUT2D eigenvalue weighted by atomic mass is 32.2. The van der Waals surface area contributed by atoms with Gasteiger partial charge >= 0.3 is 0 Å². The monoisotopic (exact) mass is 333 g/mol. The van der Waals surface area contributed by atoms with Gasteiger partial charge in [-0.2, -0.15) is 16.8 Å². The minimum Gasteiger partial charge on any atom is -0.507 e. The lowest BCUT2D eigenvalue weighted by Crippen LogP contribution is -2.06. The lowest BCUT2D eigenvalue weighted by molar-refractivity contribution is 0.466. The highest BCUT2D eigenvalue weighted by Gasteiger charge is 2.24. The molecule has 2 aromatic carbocycles. The number of phenols is 1. The van der Waals surface area contributed by atoms with Gasteiger partial charge in [-0.25, -0.2) is 0 Å². The maximum absolute atomic E-state index is 11.4. The van der Waals surface area contributed by atoms with Crippen LogP contribution >= 0.6 is 0 Å². The molecular formula is C11H11NO7S2. The second-order valence-corrected chi connectivity index (χ2v) is 7.13. The number of benzene rings is 2. The first kappa shape index (κ1) is 15.5. The second kappa shape index (κ2) is 4.56. The average Bonchev–Trinajstić information content (AvgIpc) is 2.30. The van der Waals surface area contributed by atoms with Gasteiger partial charge in [0.15, 0.2) is 0 Å². The van der Waals surface area contributed by atoms with Crippen LogP contribution in [0, 0.1) is 6.92 Å². The molecule has 0 aromatic heterocycles. The van der Waals surface area contributed by atoms with E-state index in [0.29, 0.717) is 0 Å². The molecule has 21 heavy (non-hydrogen) atoms. The summed E-state index contributed by atoms with van der Waals surface area (Å²) in [6.45, 7) is 1.24. The van der Waals surface area contributed by atoms with Crippen LogP contribution in [-0.4, -0.2) is 31.0 Å². The van der Waals surface area contributed by atoms with Crippen LogP contribution < -0.4 is 5.73 Å². The molecule has 0 unspecified atom stereocenters. The van der Waals surface area contributed by atoms with Crippen molar-refractivity contribution in [3.63, 3.8) is 0 Å². The molecule has 0 amide bonds. The molecule has 0 fully saturated rings. The van der Waals surface area contributed by atoms with Gasteiger partial charge in [0.05, 0.1) is 5.69 Å². The maximum atomic E-state index is 11.4. The van der Waals surface area contributed by atoms with E-state index >= 15 is 0 Å². The lowest BCUT2D eigenvalue weighted by Gasteiger charge is -2.12. The van der Waals surface area contributed by atoms with Crippen LogP contribution in [0.5, 0.6) is 5.75 Å². The van der Waals surface area contributed by atoms with Crippen LogP contribution in [0.2, 0.25) is 0 Å². The van der Waals surface area contributed by atoms with Crippen molar-refractivity contribution in [1.82, 2.24) is 0 Å². The zero-order valence-electron chi connectivity index (χ0n) is 10.6. The molecule has 0 heterocycles. The van der Waals surface area contributed by atoms with Crippen LogP contribution in [0.25, 0.3) is 10.8 Å². The highest BCUT2D eigenvalue weighted by Crippen LogP contribution is 2.38. The number of aromatic hydroxyl groups is 1. The molecule has 0 aliphatic carbocycles. The van der Waals surface area contributed by atoms with Crippen molar-refractivity contribution in [1.29, 1.82) is 0 Å². The zero-order valence-corrected chi connectivity index (χ0v) is 12.2. The fraction of sp³-hybridized carbons (Fsp3) is 0.0909. The molecule has 0 bridgehead atoms. The Bertz CT molecular complexity index is 962. The summed E-state index contributed by atoms with van der Waals surface area (Å²) in [6, 6.07) is 3.26. The normalized spacial score (nSPS) is 12.7. The topological polar surface area (TPSA) is 155 Å². The Kier molecular flexibility index (Phi) is 3.37. The molecule has 114 valence electrons. The smallest absolute Gasteiger partial charge is 0.297 e. The summed E-state index contributed by atoms with van der Waals surface area (Å²) in [5.41, 5.74) is 5.01. The Balaban J connectivity index is 3.16. The summed E-state index contributed by atoms with van der Waals surface area (Å²) in [5, 5.41) is 9.65. The van der Waals surface area contributed by atoms with Crippen molar-refractivity contribution in [2.45, 2.75) is 16.7 Å². The Labute approximate surface area is 120 Å². The molecule has 0 saturated heterocycles. The average molecular weight is 333 g/mol. The minimum atomic E-state index is -4.76. The standard InChI is InChI=1S/C11H11NO7S2/c1-5-9(20(14,15)16)4-7-6(10(5)13)2-3-8(12)11(7)21(17,18)19/h2-4,13H,12H2,1H3,(H,14,15,16)(H,17,18,19). The molecule has 2 rings (SSSR count). The molecule has 2 aromatic rings. The van der Waals surface area contributed by atoms with Gasteiger partial charge in [0.1, 0.15) is 15.5 Å². The molecule has 0 aliphatic rings. The summed E-state index contributed by atoms with van der Waals surface area (Å²) in [4.78, 5) is -1.41. The molecule has 0 atom stereocenters. The number of nitrogens with two attached hydrogens (primary N) is 1. The first-order valence-corrected chi connectivity index (χ1v) is 8.32. The number of phenolic OH excluding ortho intramolecular Hbond substituents is 1. The van der Waals surface area contributed by atoms with Gasteiger partial charge < -0.3 is 10.8 Å². The predicted molar refractivity (Wildman–Crippen MR) is 74.4 cm³/mol. The van der Waals surface area contributed by atoms with Crippen molar-refractivity contribution in [3.05, 3.63) is 23.8 Å². The third-order valence-corrected chi connectivity index (χ3v) is 4.97. The van der Waals surface area contributed by atoms with E-state index in [4.69, 9.17) is 10.3 Å². The van der Waals surface area contributed by atoms with Gasteiger partial charge in [0.25, 0.3) is 20.2 Å². The molecule has 0 saturated carbocycles. The van der Waals surface area contributed by atoms with Crippen molar-refractivity contribution in [2.24, 2.45) is 0 Å². The summed E-state index contributed by atoms with van der Waals surface area (Å²) < 4.78 is 63.8. The van der Waals surface area contributed by atoms with E-state index in [0.717, 1.165) is 12.1 Å². The Hall–Kier alpha value is -1.88. The summed E-state index contributed by atoms with van der Waals surface area (Å²) >= 11 is 0. The third kappa shape index (κ3) is 2.53. The molecule has 5 N–H and O–H groups in total. The van der Waals surface area contributed by atoms with Gasteiger partial charge in [-0.15, -0.1) is 0 Å². The molecule has 8 nitrogen and oxygen atoms in total. The van der Waals surface area contributed by atoms with E-state index in [9.17, 15) is 26.5 Å².